The Bertz CT molecular complexity index is 997. The molecule has 0 fully saturated rings. The first kappa shape index (κ1) is 18.1. The smallest absolute Gasteiger partial charge is 0.273 e. The fourth-order valence-corrected chi connectivity index (χ4v) is 2.62. The van der Waals surface area contributed by atoms with Gasteiger partial charge in [-0.3, -0.25) is 19.6 Å². The van der Waals surface area contributed by atoms with Gasteiger partial charge < -0.3 is 10.1 Å². The van der Waals surface area contributed by atoms with Gasteiger partial charge in [0.15, 0.2) is 0 Å². The minimum absolute atomic E-state index is 0.0867. The van der Waals surface area contributed by atoms with E-state index in [-0.39, 0.29) is 11.3 Å². The summed E-state index contributed by atoms with van der Waals surface area (Å²) >= 11 is 0. The number of amides is 1. The van der Waals surface area contributed by atoms with E-state index in [0.29, 0.717) is 17.8 Å². The number of carbonyl (C=O) groups is 1. The summed E-state index contributed by atoms with van der Waals surface area (Å²) in [5.74, 6) is 0.327. The van der Waals surface area contributed by atoms with Gasteiger partial charge in [-0.1, -0.05) is 18.2 Å². The number of aromatic nitrogens is 2. The molecular weight excluding hydrogens is 348 g/mol. The highest BCUT2D eigenvalue weighted by Crippen LogP contribution is 2.20. The number of nitrogens with zero attached hydrogens (tertiary/aromatic N) is 3. The first-order valence-corrected chi connectivity index (χ1v) is 8.18. The van der Waals surface area contributed by atoms with Crippen molar-refractivity contribution in [1.82, 2.24) is 9.78 Å². The average molecular weight is 366 g/mol. The number of methoxy groups -OCH3 is 1. The molecule has 3 aromatic rings. The first-order chi connectivity index (χ1) is 13.0. The quantitative estimate of drug-likeness (QED) is 0.532. The van der Waals surface area contributed by atoms with Crippen LogP contribution in [0.2, 0.25) is 0 Å². The molecule has 8 nitrogen and oxygen atoms in total. The summed E-state index contributed by atoms with van der Waals surface area (Å²) in [7, 11) is 1.61. The molecule has 2 aromatic carbocycles. The number of anilines is 1. The lowest BCUT2D eigenvalue weighted by Gasteiger charge is -2.05. The fraction of sp³-hybridized carbons (Fsp3) is 0.158. The zero-order chi connectivity index (χ0) is 19.4. The van der Waals surface area contributed by atoms with Gasteiger partial charge in [-0.2, -0.15) is 5.10 Å². The van der Waals surface area contributed by atoms with Crippen molar-refractivity contribution in [2.75, 3.05) is 12.4 Å². The number of aryl methyl sites for hydroxylation is 1. The summed E-state index contributed by atoms with van der Waals surface area (Å²) in [5, 5.41) is 18.0. The standard InChI is InChI=1S/C19H18N4O4/c1-13-6-7-15(9-18(13)23(25)26)19(24)21-16-10-20-22(12-16)11-14-4-3-5-17(8-14)27-2/h3-10,12H,11H2,1-2H3,(H,21,24). The number of rotatable bonds is 6. The van der Waals surface area contributed by atoms with Crippen LogP contribution < -0.4 is 10.1 Å². The summed E-state index contributed by atoms with van der Waals surface area (Å²) in [6, 6.07) is 12.0. The Morgan fingerprint density at radius 2 is 2.11 bits per heavy atom. The summed E-state index contributed by atoms with van der Waals surface area (Å²) in [4.78, 5) is 22.9. The molecule has 0 aliphatic heterocycles. The second-order valence-corrected chi connectivity index (χ2v) is 5.99. The third-order valence-electron chi connectivity index (χ3n) is 4.04. The van der Waals surface area contributed by atoms with Crippen LogP contribution in [-0.2, 0) is 6.54 Å². The first-order valence-electron chi connectivity index (χ1n) is 8.18. The van der Waals surface area contributed by atoms with Gasteiger partial charge in [0.05, 0.1) is 30.5 Å². The molecule has 0 unspecified atom stereocenters. The lowest BCUT2D eigenvalue weighted by molar-refractivity contribution is -0.385. The molecule has 1 N–H and O–H groups in total. The second kappa shape index (κ2) is 7.69. The monoisotopic (exact) mass is 366 g/mol. The number of nitro benzene ring substituents is 1. The molecule has 0 saturated heterocycles. The van der Waals surface area contributed by atoms with Gasteiger partial charge in [0.1, 0.15) is 5.75 Å². The van der Waals surface area contributed by atoms with E-state index in [2.05, 4.69) is 10.4 Å². The Kier molecular flexibility index (Phi) is 5.16. The molecule has 0 atom stereocenters. The second-order valence-electron chi connectivity index (χ2n) is 5.99. The highest BCUT2D eigenvalue weighted by Gasteiger charge is 2.15. The Morgan fingerprint density at radius 1 is 1.30 bits per heavy atom. The summed E-state index contributed by atoms with van der Waals surface area (Å²) < 4.78 is 6.88. The number of hydrogen-bond donors (Lipinski definition) is 1. The fourth-order valence-electron chi connectivity index (χ4n) is 2.62. The van der Waals surface area contributed by atoms with Gasteiger partial charge in [0.2, 0.25) is 0 Å². The molecule has 138 valence electrons. The normalized spacial score (nSPS) is 10.4. The highest BCUT2D eigenvalue weighted by atomic mass is 16.6. The molecular formula is C19H18N4O4. The summed E-state index contributed by atoms with van der Waals surface area (Å²) in [6.45, 7) is 2.14. The van der Waals surface area contributed by atoms with E-state index >= 15 is 0 Å². The van der Waals surface area contributed by atoms with Crippen LogP contribution in [0.5, 0.6) is 5.75 Å². The van der Waals surface area contributed by atoms with E-state index in [1.807, 2.05) is 24.3 Å². The lowest BCUT2D eigenvalue weighted by Crippen LogP contribution is -2.12. The Hall–Kier alpha value is -3.68. The van der Waals surface area contributed by atoms with E-state index in [4.69, 9.17) is 4.74 Å². The van der Waals surface area contributed by atoms with E-state index in [1.54, 1.807) is 37.0 Å². The third kappa shape index (κ3) is 4.30. The molecule has 3 rings (SSSR count). The summed E-state index contributed by atoms with van der Waals surface area (Å²) in [5.41, 5.74) is 2.14. The van der Waals surface area contributed by atoms with Crippen LogP contribution in [0, 0.1) is 17.0 Å². The van der Waals surface area contributed by atoms with Crippen LogP contribution in [0.3, 0.4) is 0 Å². The molecule has 27 heavy (non-hydrogen) atoms. The van der Waals surface area contributed by atoms with Gasteiger partial charge >= 0.3 is 0 Å². The number of ether oxygens (including phenoxy) is 1. The van der Waals surface area contributed by atoms with Crippen molar-refractivity contribution in [3.63, 3.8) is 0 Å². The van der Waals surface area contributed by atoms with Crippen molar-refractivity contribution in [3.8, 4) is 5.75 Å². The van der Waals surface area contributed by atoms with Crippen molar-refractivity contribution in [2.45, 2.75) is 13.5 Å². The minimum atomic E-state index is -0.502. The van der Waals surface area contributed by atoms with Crippen molar-refractivity contribution in [3.05, 3.63) is 81.7 Å². The van der Waals surface area contributed by atoms with Crippen LogP contribution in [0.4, 0.5) is 11.4 Å². The number of carbonyl (C=O) groups excluding carboxylic acids is 1. The molecule has 0 radical (unpaired) electrons. The topological polar surface area (TPSA) is 99.3 Å². The van der Waals surface area contributed by atoms with Gasteiger partial charge in [0.25, 0.3) is 11.6 Å². The molecule has 0 aliphatic carbocycles. The lowest BCUT2D eigenvalue weighted by atomic mass is 10.1. The molecule has 1 aromatic heterocycles. The minimum Gasteiger partial charge on any atom is -0.497 e. The number of benzene rings is 2. The van der Waals surface area contributed by atoms with E-state index < -0.39 is 10.8 Å². The molecule has 0 saturated carbocycles. The van der Waals surface area contributed by atoms with Crippen molar-refractivity contribution >= 4 is 17.3 Å². The maximum atomic E-state index is 12.4. The largest absolute Gasteiger partial charge is 0.497 e. The Labute approximate surface area is 155 Å². The predicted molar refractivity (Wildman–Crippen MR) is 100 cm³/mol. The van der Waals surface area contributed by atoms with Gasteiger partial charge in [-0.05, 0) is 30.7 Å². The van der Waals surface area contributed by atoms with Crippen LogP contribution in [-0.4, -0.2) is 27.7 Å². The van der Waals surface area contributed by atoms with Gasteiger partial charge in [0, 0.05) is 23.4 Å². The molecule has 8 heteroatoms. The average Bonchev–Trinajstić information content (AvgIpc) is 3.08. The zero-order valence-corrected chi connectivity index (χ0v) is 14.9. The number of nitrogens with one attached hydrogen (secondary N) is 1. The predicted octanol–water partition coefficient (Wildman–Crippen LogP) is 3.41. The molecule has 1 heterocycles. The van der Waals surface area contributed by atoms with Crippen molar-refractivity contribution in [2.24, 2.45) is 0 Å². The Morgan fingerprint density at radius 3 is 2.85 bits per heavy atom. The van der Waals surface area contributed by atoms with Crippen LogP contribution in [0.1, 0.15) is 21.5 Å². The zero-order valence-electron chi connectivity index (χ0n) is 14.9. The number of nitro groups is 1. The number of hydrogen-bond acceptors (Lipinski definition) is 5. The molecule has 0 spiro atoms. The van der Waals surface area contributed by atoms with Crippen molar-refractivity contribution < 1.29 is 14.5 Å². The van der Waals surface area contributed by atoms with Crippen molar-refractivity contribution in [1.29, 1.82) is 0 Å². The Balaban J connectivity index is 1.71. The molecule has 0 bridgehead atoms. The van der Waals surface area contributed by atoms with Gasteiger partial charge in [-0.25, -0.2) is 0 Å². The van der Waals surface area contributed by atoms with Gasteiger partial charge in [-0.15, -0.1) is 0 Å². The maximum Gasteiger partial charge on any atom is 0.273 e. The van der Waals surface area contributed by atoms with Crippen LogP contribution in [0.15, 0.2) is 54.9 Å². The summed E-state index contributed by atoms with van der Waals surface area (Å²) in [6.07, 6.45) is 3.22. The molecule has 0 aliphatic rings. The van der Waals surface area contributed by atoms with E-state index in [0.717, 1.165) is 11.3 Å². The molecule has 1 amide bonds. The third-order valence-corrected chi connectivity index (χ3v) is 4.04. The maximum absolute atomic E-state index is 12.4. The van der Waals surface area contributed by atoms with Crippen LogP contribution in [0.25, 0.3) is 0 Å². The highest BCUT2D eigenvalue weighted by molar-refractivity contribution is 6.04. The van der Waals surface area contributed by atoms with E-state index in [1.165, 1.54) is 12.3 Å². The van der Waals surface area contributed by atoms with Crippen LogP contribution >= 0.6 is 0 Å². The SMILES string of the molecule is COc1cccc(Cn2cc(NC(=O)c3ccc(C)c([N+](=O)[O-])c3)cn2)c1. The van der Waals surface area contributed by atoms with E-state index in [9.17, 15) is 14.9 Å².